The van der Waals surface area contributed by atoms with Crippen molar-refractivity contribution in [2.45, 2.75) is 13.5 Å². The van der Waals surface area contributed by atoms with E-state index >= 15 is 0 Å². The zero-order valence-electron chi connectivity index (χ0n) is 6.74. The molecule has 0 aliphatic carbocycles. The fourth-order valence-corrected chi connectivity index (χ4v) is 0.915. The molecule has 0 radical (unpaired) electrons. The van der Waals surface area contributed by atoms with Gasteiger partial charge in [-0.3, -0.25) is 0 Å². The summed E-state index contributed by atoms with van der Waals surface area (Å²) in [5, 5.41) is 8.58. The van der Waals surface area contributed by atoms with E-state index in [-0.39, 0.29) is 5.69 Å². The van der Waals surface area contributed by atoms with E-state index in [4.69, 9.17) is 10.8 Å². The van der Waals surface area contributed by atoms with Crippen LogP contribution in [0.1, 0.15) is 21.6 Å². The predicted molar refractivity (Wildman–Crippen MR) is 43.8 cm³/mol. The highest BCUT2D eigenvalue weighted by Gasteiger charge is 2.05. The van der Waals surface area contributed by atoms with Gasteiger partial charge in [-0.15, -0.1) is 0 Å². The zero-order chi connectivity index (χ0) is 9.14. The molecule has 64 valence electrons. The SMILES string of the molecule is Cc1cc(C(=O)O)ncc1CN. The molecule has 1 aromatic heterocycles. The summed E-state index contributed by atoms with van der Waals surface area (Å²) < 4.78 is 0. The van der Waals surface area contributed by atoms with Gasteiger partial charge in [-0.05, 0) is 24.1 Å². The molecule has 4 nitrogen and oxygen atoms in total. The lowest BCUT2D eigenvalue weighted by molar-refractivity contribution is 0.0690. The van der Waals surface area contributed by atoms with Crippen molar-refractivity contribution < 1.29 is 9.90 Å². The van der Waals surface area contributed by atoms with Crippen LogP contribution < -0.4 is 5.73 Å². The molecule has 1 rings (SSSR count). The Kier molecular flexibility index (Phi) is 2.40. The number of carboxylic acid groups (broad SMARTS) is 1. The van der Waals surface area contributed by atoms with Gasteiger partial charge in [-0.1, -0.05) is 0 Å². The van der Waals surface area contributed by atoms with Crippen LogP contribution in [0.3, 0.4) is 0 Å². The Hall–Kier alpha value is -1.42. The topological polar surface area (TPSA) is 76.2 Å². The molecule has 0 amide bonds. The van der Waals surface area contributed by atoms with Crippen molar-refractivity contribution >= 4 is 5.97 Å². The van der Waals surface area contributed by atoms with Crippen LogP contribution in [0.5, 0.6) is 0 Å². The molecule has 0 saturated carbocycles. The Bertz CT molecular complexity index is 310. The molecule has 0 fully saturated rings. The maximum absolute atomic E-state index is 10.5. The number of aromatic carboxylic acids is 1. The van der Waals surface area contributed by atoms with Crippen molar-refractivity contribution in [3.63, 3.8) is 0 Å². The molecule has 0 bridgehead atoms. The van der Waals surface area contributed by atoms with Crippen LogP contribution in [0, 0.1) is 6.92 Å². The zero-order valence-corrected chi connectivity index (χ0v) is 6.74. The maximum Gasteiger partial charge on any atom is 0.354 e. The number of nitrogens with two attached hydrogens (primary N) is 1. The van der Waals surface area contributed by atoms with E-state index in [0.717, 1.165) is 11.1 Å². The average Bonchev–Trinajstić information content (AvgIpc) is 2.04. The van der Waals surface area contributed by atoms with Crippen molar-refractivity contribution in [2.24, 2.45) is 5.73 Å². The highest BCUT2D eigenvalue weighted by Crippen LogP contribution is 2.06. The molecular formula is C8H10N2O2. The highest BCUT2D eigenvalue weighted by atomic mass is 16.4. The third kappa shape index (κ3) is 1.60. The van der Waals surface area contributed by atoms with Crippen molar-refractivity contribution in [3.8, 4) is 0 Å². The second-order valence-corrected chi connectivity index (χ2v) is 2.51. The summed E-state index contributed by atoms with van der Waals surface area (Å²) >= 11 is 0. The second kappa shape index (κ2) is 3.32. The minimum absolute atomic E-state index is 0.0599. The fraction of sp³-hybridized carbons (Fsp3) is 0.250. The lowest BCUT2D eigenvalue weighted by Gasteiger charge is -2.01. The largest absolute Gasteiger partial charge is 0.477 e. The molecular weight excluding hydrogens is 156 g/mol. The average molecular weight is 166 g/mol. The van der Waals surface area contributed by atoms with E-state index < -0.39 is 5.97 Å². The summed E-state index contributed by atoms with van der Waals surface area (Å²) in [4.78, 5) is 14.2. The van der Waals surface area contributed by atoms with Crippen molar-refractivity contribution in [3.05, 3.63) is 29.1 Å². The lowest BCUT2D eigenvalue weighted by atomic mass is 10.1. The first kappa shape index (κ1) is 8.67. The molecule has 0 saturated heterocycles. The van der Waals surface area contributed by atoms with Crippen LogP contribution in [0.15, 0.2) is 12.3 Å². The Labute approximate surface area is 70.0 Å². The van der Waals surface area contributed by atoms with Crippen molar-refractivity contribution in [1.29, 1.82) is 0 Å². The van der Waals surface area contributed by atoms with E-state index in [2.05, 4.69) is 4.98 Å². The first-order valence-electron chi connectivity index (χ1n) is 3.54. The standard InChI is InChI=1S/C8H10N2O2/c1-5-2-7(8(11)12)10-4-6(5)3-9/h2,4H,3,9H2,1H3,(H,11,12). The summed E-state index contributed by atoms with van der Waals surface area (Å²) in [6, 6.07) is 1.52. The van der Waals surface area contributed by atoms with Gasteiger partial charge in [0.25, 0.3) is 0 Å². The van der Waals surface area contributed by atoms with Gasteiger partial charge in [0.15, 0.2) is 0 Å². The van der Waals surface area contributed by atoms with Gasteiger partial charge < -0.3 is 10.8 Å². The normalized spacial score (nSPS) is 9.83. The van der Waals surface area contributed by atoms with Gasteiger partial charge in [-0.25, -0.2) is 9.78 Å². The van der Waals surface area contributed by atoms with Crippen LogP contribution in [0.2, 0.25) is 0 Å². The lowest BCUT2D eigenvalue weighted by Crippen LogP contribution is -2.05. The maximum atomic E-state index is 10.5. The second-order valence-electron chi connectivity index (χ2n) is 2.51. The fourth-order valence-electron chi connectivity index (χ4n) is 0.915. The van der Waals surface area contributed by atoms with Crippen LogP contribution >= 0.6 is 0 Å². The third-order valence-electron chi connectivity index (χ3n) is 1.66. The van der Waals surface area contributed by atoms with Gasteiger partial charge >= 0.3 is 5.97 Å². The first-order chi connectivity index (χ1) is 5.65. The number of hydrogen-bond donors (Lipinski definition) is 2. The van der Waals surface area contributed by atoms with Gasteiger partial charge in [0.05, 0.1) is 0 Å². The van der Waals surface area contributed by atoms with Gasteiger partial charge in [0.2, 0.25) is 0 Å². The summed E-state index contributed by atoms with van der Waals surface area (Å²) in [6.07, 6.45) is 1.50. The van der Waals surface area contributed by atoms with Gasteiger partial charge in [0, 0.05) is 12.7 Å². The Morgan fingerprint density at radius 2 is 2.42 bits per heavy atom. The van der Waals surface area contributed by atoms with Gasteiger partial charge in [-0.2, -0.15) is 0 Å². The minimum atomic E-state index is -1.01. The number of hydrogen-bond acceptors (Lipinski definition) is 3. The molecule has 1 heterocycles. The van der Waals surface area contributed by atoms with Crippen LogP contribution in [-0.4, -0.2) is 16.1 Å². The summed E-state index contributed by atoms with van der Waals surface area (Å²) in [5.41, 5.74) is 7.19. The van der Waals surface area contributed by atoms with Crippen molar-refractivity contribution in [1.82, 2.24) is 4.98 Å². The Morgan fingerprint density at radius 3 is 2.83 bits per heavy atom. The third-order valence-corrected chi connectivity index (χ3v) is 1.66. The quantitative estimate of drug-likeness (QED) is 0.672. The number of aryl methyl sites for hydroxylation is 1. The van der Waals surface area contributed by atoms with E-state index in [1.54, 1.807) is 0 Å². The first-order valence-corrected chi connectivity index (χ1v) is 3.54. The monoisotopic (exact) mass is 166 g/mol. The molecule has 0 spiro atoms. The molecule has 3 N–H and O–H groups in total. The molecule has 0 aliphatic heterocycles. The van der Waals surface area contributed by atoms with E-state index in [1.807, 2.05) is 6.92 Å². The molecule has 0 unspecified atom stereocenters. The number of carboxylic acids is 1. The van der Waals surface area contributed by atoms with Crippen LogP contribution in [-0.2, 0) is 6.54 Å². The molecule has 0 atom stereocenters. The Balaban J connectivity index is 3.10. The highest BCUT2D eigenvalue weighted by molar-refractivity contribution is 5.85. The number of nitrogens with zero attached hydrogens (tertiary/aromatic N) is 1. The number of carbonyl (C=O) groups is 1. The van der Waals surface area contributed by atoms with Crippen molar-refractivity contribution in [2.75, 3.05) is 0 Å². The summed E-state index contributed by atoms with van der Waals surface area (Å²) in [6.45, 7) is 2.20. The molecule has 1 aromatic rings. The van der Waals surface area contributed by atoms with E-state index in [1.165, 1.54) is 12.3 Å². The smallest absolute Gasteiger partial charge is 0.354 e. The number of pyridine rings is 1. The molecule has 4 heteroatoms. The number of aromatic nitrogens is 1. The van der Waals surface area contributed by atoms with E-state index in [9.17, 15) is 4.79 Å². The van der Waals surface area contributed by atoms with E-state index in [0.29, 0.717) is 6.54 Å². The number of rotatable bonds is 2. The van der Waals surface area contributed by atoms with Crippen LogP contribution in [0.25, 0.3) is 0 Å². The molecule has 0 aromatic carbocycles. The van der Waals surface area contributed by atoms with Gasteiger partial charge in [0.1, 0.15) is 5.69 Å². The summed E-state index contributed by atoms with van der Waals surface area (Å²) in [5.74, 6) is -1.01. The Morgan fingerprint density at radius 1 is 1.75 bits per heavy atom. The molecule has 12 heavy (non-hydrogen) atoms. The summed E-state index contributed by atoms with van der Waals surface area (Å²) in [7, 11) is 0. The molecule has 0 aliphatic rings. The predicted octanol–water partition coefficient (Wildman–Crippen LogP) is 0.547. The minimum Gasteiger partial charge on any atom is -0.477 e. The van der Waals surface area contributed by atoms with Crippen LogP contribution in [0.4, 0.5) is 0 Å².